The first kappa shape index (κ1) is 14.3. The molecule has 0 unspecified atom stereocenters. The van der Waals surface area contributed by atoms with Gasteiger partial charge in [0, 0.05) is 18.5 Å². The Morgan fingerprint density at radius 1 is 1.62 bits per heavy atom. The van der Waals surface area contributed by atoms with Crippen molar-refractivity contribution in [1.29, 1.82) is 0 Å². The molecule has 7 nitrogen and oxygen atoms in total. The lowest BCUT2D eigenvalue weighted by molar-refractivity contribution is -0.389. The van der Waals surface area contributed by atoms with Crippen LogP contribution in [0.5, 0.6) is 0 Å². The summed E-state index contributed by atoms with van der Waals surface area (Å²) >= 11 is 1.40. The largest absolute Gasteiger partial charge is 0.372 e. The van der Waals surface area contributed by atoms with E-state index < -0.39 is 0 Å². The Kier molecular flexibility index (Phi) is 4.07. The van der Waals surface area contributed by atoms with E-state index in [0.717, 1.165) is 26.2 Å². The van der Waals surface area contributed by atoms with E-state index in [1.54, 1.807) is 11.6 Å². The van der Waals surface area contributed by atoms with Crippen molar-refractivity contribution in [2.75, 3.05) is 31.5 Å². The van der Waals surface area contributed by atoms with Gasteiger partial charge in [0.25, 0.3) is 4.96 Å². The molecule has 3 heterocycles. The lowest BCUT2D eigenvalue weighted by atomic mass is 9.98. The van der Waals surface area contributed by atoms with Gasteiger partial charge in [-0.1, -0.05) is 18.3 Å². The highest BCUT2D eigenvalue weighted by Crippen LogP contribution is 2.28. The van der Waals surface area contributed by atoms with E-state index in [0.29, 0.717) is 16.7 Å². The summed E-state index contributed by atoms with van der Waals surface area (Å²) in [6.45, 7) is 6.19. The molecule has 1 aliphatic rings. The van der Waals surface area contributed by atoms with Gasteiger partial charge in [-0.25, -0.2) is 0 Å². The number of imidazole rings is 1. The molecule has 0 amide bonds. The minimum Gasteiger partial charge on any atom is -0.363 e. The standard InChI is InChI=1S/C13H19N5O2S/c1-2-16-5-3-4-10(9-16)8-14-11-12(18(19)20)17-6-7-21-13(17)15-11/h6-7,10,14H,2-5,8-9H2,1H3/t10-/m0/s1. The van der Waals surface area contributed by atoms with Gasteiger partial charge in [-0.3, -0.25) is 0 Å². The maximum Gasteiger partial charge on any atom is 0.372 e. The van der Waals surface area contributed by atoms with E-state index in [9.17, 15) is 10.1 Å². The van der Waals surface area contributed by atoms with Crippen molar-refractivity contribution >= 4 is 27.9 Å². The van der Waals surface area contributed by atoms with Crippen LogP contribution in [0.25, 0.3) is 4.96 Å². The summed E-state index contributed by atoms with van der Waals surface area (Å²) in [5.41, 5.74) is 0. The summed E-state index contributed by atoms with van der Waals surface area (Å²) in [6.07, 6.45) is 4.05. The van der Waals surface area contributed by atoms with Crippen LogP contribution in [0.15, 0.2) is 11.6 Å². The number of nitrogens with zero attached hydrogens (tertiary/aromatic N) is 4. The number of nitrogens with one attached hydrogen (secondary N) is 1. The monoisotopic (exact) mass is 309 g/mol. The molecule has 3 rings (SSSR count). The number of thiazole rings is 1. The maximum absolute atomic E-state index is 11.2. The Hall–Kier alpha value is -1.67. The predicted molar refractivity (Wildman–Crippen MR) is 83.1 cm³/mol. The maximum atomic E-state index is 11.2. The highest BCUT2D eigenvalue weighted by atomic mass is 32.1. The van der Waals surface area contributed by atoms with Gasteiger partial charge in [0.15, 0.2) is 0 Å². The molecule has 114 valence electrons. The Balaban J connectivity index is 1.71. The van der Waals surface area contributed by atoms with Crippen molar-refractivity contribution in [3.05, 3.63) is 21.7 Å². The zero-order valence-corrected chi connectivity index (χ0v) is 12.8. The lowest BCUT2D eigenvalue weighted by Gasteiger charge is -2.31. The zero-order chi connectivity index (χ0) is 14.8. The normalized spacial score (nSPS) is 20.0. The van der Waals surface area contributed by atoms with Crippen LogP contribution in [-0.2, 0) is 0 Å². The van der Waals surface area contributed by atoms with Crippen LogP contribution in [-0.4, -0.2) is 45.4 Å². The third-order valence-electron chi connectivity index (χ3n) is 4.02. The van der Waals surface area contributed by atoms with Crippen LogP contribution in [0, 0.1) is 16.0 Å². The number of nitro groups is 1. The number of likely N-dealkylation sites (tertiary alicyclic amines) is 1. The average molecular weight is 309 g/mol. The number of aromatic nitrogens is 2. The second kappa shape index (κ2) is 5.98. The van der Waals surface area contributed by atoms with E-state index >= 15 is 0 Å². The third-order valence-corrected chi connectivity index (χ3v) is 4.77. The number of piperidine rings is 1. The highest BCUT2D eigenvalue weighted by Gasteiger charge is 2.25. The van der Waals surface area contributed by atoms with Crippen LogP contribution in [0.1, 0.15) is 19.8 Å². The molecule has 0 spiro atoms. The zero-order valence-electron chi connectivity index (χ0n) is 12.0. The summed E-state index contributed by atoms with van der Waals surface area (Å²) in [7, 11) is 0. The molecule has 0 bridgehead atoms. The van der Waals surface area contributed by atoms with Crippen LogP contribution >= 0.6 is 11.3 Å². The number of hydrogen-bond acceptors (Lipinski definition) is 6. The van der Waals surface area contributed by atoms with E-state index in [4.69, 9.17) is 0 Å². The molecule has 0 radical (unpaired) electrons. The SMILES string of the molecule is CCN1CCC[C@@H](CNc2nc3sccn3c2[N+](=O)[O-])C1. The minimum atomic E-state index is -0.367. The molecule has 0 aliphatic carbocycles. The molecule has 1 fully saturated rings. The fourth-order valence-corrected chi connectivity index (χ4v) is 3.62. The van der Waals surface area contributed by atoms with Gasteiger partial charge in [-0.05, 0) is 36.8 Å². The van der Waals surface area contributed by atoms with Crippen LogP contribution < -0.4 is 5.32 Å². The Morgan fingerprint density at radius 2 is 2.48 bits per heavy atom. The molecule has 1 N–H and O–H groups in total. The van der Waals surface area contributed by atoms with Crippen molar-refractivity contribution in [3.63, 3.8) is 0 Å². The summed E-state index contributed by atoms with van der Waals surface area (Å²) in [5.74, 6) is 0.952. The first-order valence-corrected chi connectivity index (χ1v) is 8.13. The lowest BCUT2D eigenvalue weighted by Crippen LogP contribution is -2.37. The van der Waals surface area contributed by atoms with Crippen LogP contribution in [0.4, 0.5) is 11.6 Å². The molecular weight excluding hydrogens is 290 g/mol. The molecule has 1 atom stereocenters. The van der Waals surface area contributed by atoms with Gasteiger partial charge in [-0.2, -0.15) is 9.38 Å². The number of rotatable bonds is 5. The van der Waals surface area contributed by atoms with Crippen molar-refractivity contribution in [2.45, 2.75) is 19.8 Å². The molecule has 0 saturated carbocycles. The average Bonchev–Trinajstić information content (AvgIpc) is 3.05. The Morgan fingerprint density at radius 3 is 3.24 bits per heavy atom. The molecule has 2 aromatic heterocycles. The predicted octanol–water partition coefficient (Wildman–Crippen LogP) is 2.45. The summed E-state index contributed by atoms with van der Waals surface area (Å²) in [4.78, 5) is 18.3. The summed E-state index contributed by atoms with van der Waals surface area (Å²) < 4.78 is 1.53. The second-order valence-corrected chi connectivity index (χ2v) is 6.25. The quantitative estimate of drug-likeness (QED) is 0.678. The van der Waals surface area contributed by atoms with Gasteiger partial charge in [0.05, 0.1) is 0 Å². The van der Waals surface area contributed by atoms with Gasteiger partial charge in [-0.15, -0.1) is 0 Å². The number of anilines is 1. The summed E-state index contributed by atoms with van der Waals surface area (Å²) in [5, 5.41) is 16.2. The van der Waals surface area contributed by atoms with E-state index in [1.165, 1.54) is 28.6 Å². The van der Waals surface area contributed by atoms with Crippen molar-refractivity contribution < 1.29 is 4.92 Å². The minimum absolute atomic E-state index is 0.0365. The van der Waals surface area contributed by atoms with Crippen molar-refractivity contribution in [1.82, 2.24) is 14.3 Å². The van der Waals surface area contributed by atoms with Gasteiger partial charge < -0.3 is 20.3 Å². The van der Waals surface area contributed by atoms with Gasteiger partial charge in [0.2, 0.25) is 5.82 Å². The van der Waals surface area contributed by atoms with Gasteiger partial charge >= 0.3 is 5.82 Å². The first-order valence-electron chi connectivity index (χ1n) is 7.25. The number of fused-ring (bicyclic) bond motifs is 1. The molecule has 1 aliphatic heterocycles. The summed E-state index contributed by atoms with van der Waals surface area (Å²) in [6, 6.07) is 0. The van der Waals surface area contributed by atoms with E-state index in [1.807, 2.05) is 0 Å². The van der Waals surface area contributed by atoms with Crippen molar-refractivity contribution in [3.8, 4) is 0 Å². The molecular formula is C13H19N5O2S. The topological polar surface area (TPSA) is 75.7 Å². The second-order valence-electron chi connectivity index (χ2n) is 5.38. The van der Waals surface area contributed by atoms with E-state index in [2.05, 4.69) is 22.1 Å². The first-order chi connectivity index (χ1) is 10.2. The third kappa shape index (κ3) is 2.86. The Labute approximate surface area is 126 Å². The molecule has 0 aromatic carbocycles. The van der Waals surface area contributed by atoms with Crippen molar-refractivity contribution in [2.24, 2.45) is 5.92 Å². The molecule has 21 heavy (non-hydrogen) atoms. The fraction of sp³-hybridized carbons (Fsp3) is 0.615. The van der Waals surface area contributed by atoms with E-state index in [-0.39, 0.29) is 10.7 Å². The molecule has 8 heteroatoms. The molecule has 2 aromatic rings. The van der Waals surface area contributed by atoms with Crippen LogP contribution in [0.2, 0.25) is 0 Å². The Bertz CT molecular complexity index is 638. The molecule has 1 saturated heterocycles. The van der Waals surface area contributed by atoms with Crippen LogP contribution in [0.3, 0.4) is 0 Å². The number of hydrogen-bond donors (Lipinski definition) is 1. The highest BCUT2D eigenvalue weighted by molar-refractivity contribution is 7.15. The smallest absolute Gasteiger partial charge is 0.363 e. The van der Waals surface area contributed by atoms with Gasteiger partial charge in [0.1, 0.15) is 6.20 Å². The fourth-order valence-electron chi connectivity index (χ4n) is 2.91.